The lowest BCUT2D eigenvalue weighted by atomic mass is 9.98. The standard InChI is InChI=1S/C18H28N2O2/c1-21-18-8-9-20(16(10-18)11-19)12-14-4-6-17(7-5-14)22-13-15-2-3-15/h4-7,15-16,18H,2-3,8-13,19H2,1H3. The average Bonchev–Trinajstić information content (AvgIpc) is 3.39. The fraction of sp³-hybridized carbons (Fsp3) is 0.667. The van der Waals surface area contributed by atoms with Crippen LogP contribution in [0.4, 0.5) is 0 Å². The molecule has 0 bridgehead atoms. The lowest BCUT2D eigenvalue weighted by Crippen LogP contribution is -2.47. The molecule has 2 aliphatic rings. The zero-order chi connectivity index (χ0) is 15.4. The first-order valence-electron chi connectivity index (χ1n) is 8.47. The van der Waals surface area contributed by atoms with Crippen molar-refractivity contribution in [3.63, 3.8) is 0 Å². The number of methoxy groups -OCH3 is 1. The maximum Gasteiger partial charge on any atom is 0.119 e. The summed E-state index contributed by atoms with van der Waals surface area (Å²) in [5.74, 6) is 1.79. The quantitative estimate of drug-likeness (QED) is 0.840. The number of ether oxygens (including phenoxy) is 2. The minimum Gasteiger partial charge on any atom is -0.493 e. The predicted octanol–water partition coefficient (Wildman–Crippen LogP) is 2.41. The number of nitrogens with two attached hydrogens (primary N) is 1. The number of benzene rings is 1. The minimum absolute atomic E-state index is 0.364. The molecular weight excluding hydrogens is 276 g/mol. The molecule has 2 fully saturated rings. The van der Waals surface area contributed by atoms with Gasteiger partial charge in [-0.3, -0.25) is 4.90 Å². The molecule has 3 rings (SSSR count). The number of piperidine rings is 1. The van der Waals surface area contributed by atoms with Gasteiger partial charge in [-0.15, -0.1) is 0 Å². The van der Waals surface area contributed by atoms with Gasteiger partial charge in [0.05, 0.1) is 12.7 Å². The van der Waals surface area contributed by atoms with Crippen LogP contribution in [0, 0.1) is 5.92 Å². The van der Waals surface area contributed by atoms with Crippen LogP contribution in [-0.4, -0.2) is 43.9 Å². The van der Waals surface area contributed by atoms with Crippen molar-refractivity contribution in [1.29, 1.82) is 0 Å². The Labute approximate surface area is 133 Å². The van der Waals surface area contributed by atoms with Gasteiger partial charge in [0.2, 0.25) is 0 Å². The van der Waals surface area contributed by atoms with E-state index >= 15 is 0 Å². The van der Waals surface area contributed by atoms with E-state index in [2.05, 4.69) is 29.2 Å². The highest BCUT2D eigenvalue weighted by atomic mass is 16.5. The van der Waals surface area contributed by atoms with Crippen LogP contribution in [0.15, 0.2) is 24.3 Å². The summed E-state index contributed by atoms with van der Waals surface area (Å²) in [6, 6.07) is 8.97. The number of nitrogens with zero attached hydrogens (tertiary/aromatic N) is 1. The molecule has 0 aromatic heterocycles. The van der Waals surface area contributed by atoms with Gasteiger partial charge in [0.15, 0.2) is 0 Å². The molecule has 4 nitrogen and oxygen atoms in total. The van der Waals surface area contributed by atoms with E-state index in [1.807, 2.05) is 0 Å². The predicted molar refractivity (Wildman–Crippen MR) is 87.9 cm³/mol. The second-order valence-electron chi connectivity index (χ2n) is 6.64. The summed E-state index contributed by atoms with van der Waals surface area (Å²) in [5, 5.41) is 0. The second-order valence-corrected chi connectivity index (χ2v) is 6.64. The molecule has 122 valence electrons. The van der Waals surface area contributed by atoms with Crippen molar-refractivity contribution in [2.75, 3.05) is 26.8 Å². The van der Waals surface area contributed by atoms with E-state index < -0.39 is 0 Å². The van der Waals surface area contributed by atoms with Gasteiger partial charge < -0.3 is 15.2 Å². The van der Waals surface area contributed by atoms with Gasteiger partial charge in [0.25, 0.3) is 0 Å². The fourth-order valence-electron chi connectivity index (χ4n) is 3.15. The van der Waals surface area contributed by atoms with Crippen LogP contribution in [0.25, 0.3) is 0 Å². The highest BCUT2D eigenvalue weighted by molar-refractivity contribution is 5.27. The van der Waals surface area contributed by atoms with Crippen molar-refractivity contribution in [2.24, 2.45) is 11.7 Å². The molecular formula is C18H28N2O2. The summed E-state index contributed by atoms with van der Waals surface area (Å²) < 4.78 is 11.3. The van der Waals surface area contributed by atoms with Crippen molar-refractivity contribution in [1.82, 2.24) is 4.90 Å². The molecule has 1 aromatic carbocycles. The Morgan fingerprint density at radius 2 is 1.95 bits per heavy atom. The zero-order valence-corrected chi connectivity index (χ0v) is 13.5. The first-order valence-corrected chi connectivity index (χ1v) is 8.47. The monoisotopic (exact) mass is 304 g/mol. The fourth-order valence-corrected chi connectivity index (χ4v) is 3.15. The first kappa shape index (κ1) is 15.8. The van der Waals surface area contributed by atoms with Crippen LogP contribution in [0.5, 0.6) is 5.75 Å². The van der Waals surface area contributed by atoms with Gasteiger partial charge in [0.1, 0.15) is 5.75 Å². The van der Waals surface area contributed by atoms with Gasteiger partial charge in [-0.25, -0.2) is 0 Å². The van der Waals surface area contributed by atoms with Crippen LogP contribution < -0.4 is 10.5 Å². The molecule has 1 aliphatic carbocycles. The van der Waals surface area contributed by atoms with Gasteiger partial charge in [-0.05, 0) is 49.3 Å². The van der Waals surface area contributed by atoms with E-state index in [4.69, 9.17) is 15.2 Å². The number of likely N-dealkylation sites (tertiary alicyclic amines) is 1. The second kappa shape index (κ2) is 7.44. The van der Waals surface area contributed by atoms with E-state index in [9.17, 15) is 0 Å². The molecule has 1 aromatic rings. The Bertz CT molecular complexity index is 459. The Balaban J connectivity index is 1.52. The Kier molecular flexibility index (Phi) is 5.34. The van der Waals surface area contributed by atoms with Gasteiger partial charge in [-0.1, -0.05) is 12.1 Å². The molecule has 4 heteroatoms. The normalized spacial score (nSPS) is 26.1. The lowest BCUT2D eigenvalue weighted by molar-refractivity contribution is 0.0102. The average molecular weight is 304 g/mol. The first-order chi connectivity index (χ1) is 10.8. The summed E-state index contributed by atoms with van der Waals surface area (Å²) in [7, 11) is 1.80. The van der Waals surface area contributed by atoms with Crippen molar-refractivity contribution >= 4 is 0 Å². The smallest absolute Gasteiger partial charge is 0.119 e. The maximum atomic E-state index is 5.94. The third-order valence-corrected chi connectivity index (χ3v) is 4.89. The van der Waals surface area contributed by atoms with E-state index in [0.29, 0.717) is 18.7 Å². The van der Waals surface area contributed by atoms with Crippen molar-refractivity contribution in [2.45, 2.75) is 44.4 Å². The Morgan fingerprint density at radius 1 is 1.18 bits per heavy atom. The lowest BCUT2D eigenvalue weighted by Gasteiger charge is -2.38. The van der Waals surface area contributed by atoms with Gasteiger partial charge in [-0.2, -0.15) is 0 Å². The number of hydrogen-bond acceptors (Lipinski definition) is 4. The molecule has 2 N–H and O–H groups in total. The molecule has 2 unspecified atom stereocenters. The maximum absolute atomic E-state index is 5.94. The molecule has 1 saturated carbocycles. The minimum atomic E-state index is 0.364. The zero-order valence-electron chi connectivity index (χ0n) is 13.5. The highest BCUT2D eigenvalue weighted by Crippen LogP contribution is 2.29. The molecule has 1 aliphatic heterocycles. The Hall–Kier alpha value is -1.10. The SMILES string of the molecule is COC1CCN(Cc2ccc(OCC3CC3)cc2)C(CN)C1. The molecule has 1 saturated heterocycles. The van der Waals surface area contributed by atoms with Crippen LogP contribution in [-0.2, 0) is 11.3 Å². The van der Waals surface area contributed by atoms with Crippen molar-refractivity contribution in [3.8, 4) is 5.75 Å². The summed E-state index contributed by atoms with van der Waals surface area (Å²) in [5.41, 5.74) is 7.27. The largest absolute Gasteiger partial charge is 0.493 e. The van der Waals surface area contributed by atoms with E-state index in [-0.39, 0.29) is 0 Å². The van der Waals surface area contributed by atoms with Gasteiger partial charge >= 0.3 is 0 Å². The topological polar surface area (TPSA) is 47.7 Å². The molecule has 22 heavy (non-hydrogen) atoms. The molecule has 1 heterocycles. The highest BCUT2D eigenvalue weighted by Gasteiger charge is 2.27. The Morgan fingerprint density at radius 3 is 2.59 bits per heavy atom. The molecule has 0 amide bonds. The summed E-state index contributed by atoms with van der Waals surface area (Å²) in [6.07, 6.45) is 5.15. The van der Waals surface area contributed by atoms with Crippen LogP contribution in [0.1, 0.15) is 31.2 Å². The molecule has 2 atom stereocenters. The van der Waals surface area contributed by atoms with Gasteiger partial charge in [0, 0.05) is 32.8 Å². The van der Waals surface area contributed by atoms with Crippen LogP contribution in [0.3, 0.4) is 0 Å². The van der Waals surface area contributed by atoms with E-state index in [1.165, 1.54) is 18.4 Å². The van der Waals surface area contributed by atoms with Crippen LogP contribution >= 0.6 is 0 Å². The third-order valence-electron chi connectivity index (χ3n) is 4.89. The molecule has 0 spiro atoms. The number of rotatable bonds is 7. The number of hydrogen-bond donors (Lipinski definition) is 1. The summed E-state index contributed by atoms with van der Waals surface area (Å²) in [6.45, 7) is 3.59. The molecule has 0 radical (unpaired) electrons. The summed E-state index contributed by atoms with van der Waals surface area (Å²) in [4.78, 5) is 2.48. The summed E-state index contributed by atoms with van der Waals surface area (Å²) >= 11 is 0. The van der Waals surface area contributed by atoms with E-state index in [0.717, 1.165) is 44.2 Å². The van der Waals surface area contributed by atoms with Crippen molar-refractivity contribution in [3.05, 3.63) is 29.8 Å². The van der Waals surface area contributed by atoms with E-state index in [1.54, 1.807) is 7.11 Å². The van der Waals surface area contributed by atoms with Crippen molar-refractivity contribution < 1.29 is 9.47 Å². The third kappa shape index (κ3) is 4.22. The van der Waals surface area contributed by atoms with Crippen LogP contribution in [0.2, 0.25) is 0 Å².